The van der Waals surface area contributed by atoms with Crippen molar-refractivity contribution in [1.82, 2.24) is 29.3 Å². The molecule has 14 nitrogen and oxygen atoms in total. The van der Waals surface area contributed by atoms with Crippen LogP contribution >= 0.6 is 12.4 Å². The molecule has 0 radical (unpaired) electrons. The molecule has 0 bridgehead atoms. The van der Waals surface area contributed by atoms with E-state index < -0.39 is 61.6 Å². The van der Waals surface area contributed by atoms with Gasteiger partial charge < -0.3 is 24.1 Å². The van der Waals surface area contributed by atoms with Crippen molar-refractivity contribution in [2.24, 2.45) is 0 Å². The number of halogens is 7. The van der Waals surface area contributed by atoms with Gasteiger partial charge in [0.05, 0.1) is 27.7 Å². The van der Waals surface area contributed by atoms with E-state index in [4.69, 9.17) is 4.74 Å². The van der Waals surface area contributed by atoms with Gasteiger partial charge in [-0.15, -0.1) is 12.4 Å². The Hall–Kier alpha value is -4.54. The third-order valence-corrected chi connectivity index (χ3v) is 10.3. The molecule has 54 heavy (non-hydrogen) atoms. The molecule has 2 aliphatic rings. The maximum Gasteiger partial charge on any atom is 0.449 e. The van der Waals surface area contributed by atoms with Crippen LogP contribution < -0.4 is 14.8 Å². The summed E-state index contributed by atoms with van der Waals surface area (Å²) >= 11 is 0. The number of aromatic nitrogens is 4. The fourth-order valence-corrected chi connectivity index (χ4v) is 7.43. The summed E-state index contributed by atoms with van der Waals surface area (Å²) in [6.45, 7) is 5.01. The van der Waals surface area contributed by atoms with Crippen LogP contribution in [-0.2, 0) is 63.3 Å². The van der Waals surface area contributed by atoms with Crippen molar-refractivity contribution in [3.63, 3.8) is 0 Å². The van der Waals surface area contributed by atoms with Gasteiger partial charge in [0.1, 0.15) is 5.60 Å². The molecular weight excluding hydrogens is 794 g/mol. The minimum Gasteiger partial charge on any atom is -0.444 e. The van der Waals surface area contributed by atoms with E-state index in [2.05, 4.69) is 24.7 Å². The number of nitrogens with one attached hydrogen (secondary N) is 3. The maximum atomic E-state index is 13.5. The van der Waals surface area contributed by atoms with Crippen molar-refractivity contribution in [2.45, 2.75) is 74.7 Å². The van der Waals surface area contributed by atoms with Gasteiger partial charge in [-0.1, -0.05) is 36.4 Å². The number of alkyl halides is 6. The Labute approximate surface area is 312 Å². The minimum absolute atomic E-state index is 0. The molecule has 6 rings (SSSR count). The lowest BCUT2D eigenvalue weighted by Crippen LogP contribution is -2.42. The second-order valence-corrected chi connectivity index (χ2v) is 16.0. The van der Waals surface area contributed by atoms with Crippen molar-refractivity contribution in [3.8, 4) is 0 Å². The Bertz CT molecular complexity index is 2170. The monoisotopic (exact) mass is 828 g/mol. The van der Waals surface area contributed by atoms with Crippen LogP contribution in [0.4, 0.5) is 42.8 Å². The topological polar surface area (TPSA) is 170 Å². The van der Waals surface area contributed by atoms with Gasteiger partial charge >= 0.3 is 18.4 Å². The summed E-state index contributed by atoms with van der Waals surface area (Å²) in [5.41, 5.74) is -0.689. The van der Waals surface area contributed by atoms with Crippen LogP contribution in [0.15, 0.2) is 70.5 Å². The largest absolute Gasteiger partial charge is 0.449 e. The molecule has 2 aromatic carbocycles. The van der Waals surface area contributed by atoms with Crippen LogP contribution in [0.1, 0.15) is 43.8 Å². The summed E-state index contributed by atoms with van der Waals surface area (Å²) in [7, 11) is -8.17. The number of benzene rings is 2. The number of nitrogens with zero attached hydrogens (tertiary/aromatic N) is 5. The zero-order valence-electron chi connectivity index (χ0n) is 28.7. The first-order valence-electron chi connectivity index (χ1n) is 15.7. The van der Waals surface area contributed by atoms with Crippen molar-refractivity contribution >= 4 is 50.2 Å². The van der Waals surface area contributed by atoms with E-state index in [1.807, 2.05) is 0 Å². The normalized spacial score (nSPS) is 14.8. The molecule has 0 spiro atoms. The van der Waals surface area contributed by atoms with Gasteiger partial charge in [0, 0.05) is 32.7 Å². The molecule has 0 saturated heterocycles. The number of imidazole rings is 2. The number of rotatable bonds is 6. The fourth-order valence-electron chi connectivity index (χ4n) is 5.32. The minimum atomic E-state index is -4.79. The molecular formula is C31H35ClF6N8O6S2. The van der Waals surface area contributed by atoms with Crippen LogP contribution in [0, 0.1) is 0 Å². The maximum absolute atomic E-state index is 13.5. The lowest BCUT2D eigenvalue weighted by atomic mass is 10.2. The van der Waals surface area contributed by atoms with Crippen LogP contribution in [0.25, 0.3) is 0 Å². The summed E-state index contributed by atoms with van der Waals surface area (Å²) in [5, 5.41) is 2.91. The molecule has 0 aliphatic carbocycles. The van der Waals surface area contributed by atoms with Crippen molar-refractivity contribution in [1.29, 1.82) is 0 Å². The molecule has 0 fully saturated rings. The lowest BCUT2D eigenvalue weighted by Gasteiger charge is -2.31. The third-order valence-electron chi connectivity index (χ3n) is 7.61. The Balaban J connectivity index is 0.000000244. The fraction of sp³-hybridized carbons (Fsp3) is 0.387. The van der Waals surface area contributed by atoms with Gasteiger partial charge in [-0.3, -0.25) is 9.44 Å². The van der Waals surface area contributed by atoms with E-state index in [0.717, 1.165) is 9.13 Å². The highest BCUT2D eigenvalue weighted by Crippen LogP contribution is 2.36. The van der Waals surface area contributed by atoms with Crippen LogP contribution in [0.2, 0.25) is 0 Å². The summed E-state index contributed by atoms with van der Waals surface area (Å²) in [5.74, 6) is -3.10. The Morgan fingerprint density at radius 2 is 1.17 bits per heavy atom. The van der Waals surface area contributed by atoms with Gasteiger partial charge in [-0.25, -0.2) is 31.6 Å². The Kier molecular flexibility index (Phi) is 12.2. The van der Waals surface area contributed by atoms with Crippen molar-refractivity contribution in [3.05, 3.63) is 83.7 Å². The average molecular weight is 829 g/mol. The number of amides is 1. The van der Waals surface area contributed by atoms with E-state index in [-0.39, 0.29) is 72.1 Å². The van der Waals surface area contributed by atoms with Gasteiger partial charge in [0.15, 0.2) is 11.6 Å². The second kappa shape index (κ2) is 15.7. The van der Waals surface area contributed by atoms with E-state index in [0.29, 0.717) is 6.54 Å². The van der Waals surface area contributed by atoms with E-state index in [9.17, 15) is 48.0 Å². The Morgan fingerprint density at radius 3 is 1.61 bits per heavy atom. The highest BCUT2D eigenvalue weighted by molar-refractivity contribution is 7.93. The predicted molar refractivity (Wildman–Crippen MR) is 185 cm³/mol. The lowest BCUT2D eigenvalue weighted by molar-refractivity contribution is -0.148. The molecule has 2 aromatic heterocycles. The second-order valence-electron chi connectivity index (χ2n) is 12.7. The van der Waals surface area contributed by atoms with Gasteiger partial charge in [-0.05, 0) is 45.0 Å². The van der Waals surface area contributed by atoms with Gasteiger partial charge in [0.25, 0.3) is 20.0 Å². The average Bonchev–Trinajstić information content (AvgIpc) is 3.63. The molecule has 0 saturated carbocycles. The SMILES string of the molecule is CC(C)(C)OC(=O)N1CCn2c(C(F)(F)F)nc(NS(=O)(=O)c3ccccc3)c2C1.Cl.O=S(=O)(Nc1nc(C(F)(F)F)n2c1CNCC2)c1ccccc1. The van der Waals surface area contributed by atoms with Crippen LogP contribution in [0.5, 0.6) is 0 Å². The van der Waals surface area contributed by atoms with Gasteiger partial charge in [0.2, 0.25) is 11.6 Å². The molecule has 1 amide bonds. The van der Waals surface area contributed by atoms with E-state index >= 15 is 0 Å². The first kappa shape index (κ1) is 42.2. The zero-order valence-corrected chi connectivity index (χ0v) is 31.1. The molecule has 3 N–H and O–H groups in total. The van der Waals surface area contributed by atoms with E-state index in [1.54, 1.807) is 32.9 Å². The predicted octanol–water partition coefficient (Wildman–Crippen LogP) is 5.68. The van der Waals surface area contributed by atoms with Crippen molar-refractivity contribution in [2.75, 3.05) is 22.5 Å². The molecule has 2 aliphatic heterocycles. The standard InChI is InChI=1S/C18H21F3N4O4S.C13H13F3N4O2S.ClH/c1-17(2,3)29-16(26)24-9-10-25-13(11-24)14(22-15(25)18(19,20)21)23-30(27,28)12-7-5-4-6-8-12;14-13(15,16)12-18-11(10-8-17-6-7-20(10)12)19-23(21,22)9-4-2-1-3-5-9;/h4-8,23H,9-11H2,1-3H3;1-5,17,19H,6-8H2;1H. The van der Waals surface area contributed by atoms with E-state index in [1.165, 1.54) is 53.4 Å². The van der Waals surface area contributed by atoms with Crippen LogP contribution in [-0.4, -0.2) is 65.6 Å². The third kappa shape index (κ3) is 9.76. The molecule has 296 valence electrons. The number of carbonyl (C=O) groups is 1. The quantitative estimate of drug-likeness (QED) is 0.207. The number of anilines is 2. The molecule has 23 heteroatoms. The first-order chi connectivity index (χ1) is 24.6. The number of sulfonamides is 2. The molecule has 4 aromatic rings. The summed E-state index contributed by atoms with van der Waals surface area (Å²) in [4.78, 5) is 20.4. The number of ether oxygens (including phenoxy) is 1. The van der Waals surface area contributed by atoms with Crippen LogP contribution in [0.3, 0.4) is 0 Å². The highest BCUT2D eigenvalue weighted by atomic mass is 35.5. The summed E-state index contributed by atoms with van der Waals surface area (Å²) in [6, 6.07) is 14.6. The van der Waals surface area contributed by atoms with Gasteiger partial charge in [-0.2, -0.15) is 26.3 Å². The molecule has 0 unspecified atom stereocenters. The smallest absolute Gasteiger partial charge is 0.444 e. The van der Waals surface area contributed by atoms with Crippen molar-refractivity contribution < 1.29 is 52.7 Å². The summed E-state index contributed by atoms with van der Waals surface area (Å²) < 4.78 is 141. The molecule has 0 atom stereocenters. The number of fused-ring (bicyclic) bond motifs is 2. The first-order valence-corrected chi connectivity index (χ1v) is 18.7. The molecule has 4 heterocycles. The number of hydrogen-bond acceptors (Lipinski definition) is 9. The number of carbonyl (C=O) groups excluding carboxylic acids is 1. The summed E-state index contributed by atoms with van der Waals surface area (Å²) in [6.07, 6.45) is -10.2. The zero-order chi connectivity index (χ0) is 39.0. The number of hydrogen-bond donors (Lipinski definition) is 3. The Morgan fingerprint density at radius 1 is 0.722 bits per heavy atom. The highest BCUT2D eigenvalue weighted by Gasteiger charge is 2.42.